The lowest BCUT2D eigenvalue weighted by molar-refractivity contribution is -0.00805. The van der Waals surface area contributed by atoms with Gasteiger partial charge in [-0.2, -0.15) is 5.10 Å². The lowest BCUT2D eigenvalue weighted by atomic mass is 10.1. The zero-order valence-corrected chi connectivity index (χ0v) is 20.8. The van der Waals surface area contributed by atoms with Crippen LogP contribution in [0.5, 0.6) is 5.75 Å². The lowest BCUT2D eigenvalue weighted by Gasteiger charge is -2.34. The summed E-state index contributed by atoms with van der Waals surface area (Å²) in [7, 11) is 3.74. The van der Waals surface area contributed by atoms with Gasteiger partial charge in [0.2, 0.25) is 0 Å². The molecule has 0 bridgehead atoms. The summed E-state index contributed by atoms with van der Waals surface area (Å²) in [5, 5.41) is 7.75. The molecule has 32 heavy (non-hydrogen) atoms. The van der Waals surface area contributed by atoms with Crippen LogP contribution < -0.4 is 10.1 Å². The number of halogens is 1. The van der Waals surface area contributed by atoms with Gasteiger partial charge in [-0.05, 0) is 23.3 Å². The molecule has 1 atom stereocenters. The second kappa shape index (κ2) is 11.9. The highest BCUT2D eigenvalue weighted by atomic mass is 127. The molecule has 1 saturated heterocycles. The number of hydrogen-bond acceptors (Lipinski definition) is 4. The van der Waals surface area contributed by atoms with E-state index in [2.05, 4.69) is 44.6 Å². The maximum Gasteiger partial charge on any atom is 0.194 e. The van der Waals surface area contributed by atoms with E-state index >= 15 is 0 Å². The number of hydrogen-bond donors (Lipinski definition) is 1. The van der Waals surface area contributed by atoms with Crippen molar-refractivity contribution >= 4 is 29.9 Å². The minimum Gasteiger partial charge on any atom is -0.489 e. The van der Waals surface area contributed by atoms with E-state index < -0.39 is 0 Å². The number of ether oxygens (including phenoxy) is 2. The van der Waals surface area contributed by atoms with Gasteiger partial charge in [-0.1, -0.05) is 42.5 Å². The molecule has 2 aromatic carbocycles. The molecule has 4 rings (SSSR count). The molecular formula is C24H30IN5O2. The van der Waals surface area contributed by atoms with Gasteiger partial charge in [-0.25, -0.2) is 0 Å². The smallest absolute Gasteiger partial charge is 0.194 e. The van der Waals surface area contributed by atoms with Crippen LogP contribution in [0.15, 0.2) is 72.0 Å². The van der Waals surface area contributed by atoms with Crippen LogP contribution in [0.25, 0.3) is 0 Å². The zero-order valence-electron chi connectivity index (χ0n) is 18.5. The molecule has 1 aromatic heterocycles. The summed E-state index contributed by atoms with van der Waals surface area (Å²) in [6, 6.07) is 18.3. The van der Waals surface area contributed by atoms with Crippen molar-refractivity contribution in [2.24, 2.45) is 12.0 Å². The highest BCUT2D eigenvalue weighted by Crippen LogP contribution is 2.21. The molecule has 1 N–H and O–H groups in total. The number of para-hydroxylation sites is 1. The lowest BCUT2D eigenvalue weighted by Crippen LogP contribution is -2.47. The monoisotopic (exact) mass is 547 g/mol. The van der Waals surface area contributed by atoms with Crippen LogP contribution >= 0.6 is 24.0 Å². The largest absolute Gasteiger partial charge is 0.489 e. The predicted octanol–water partition coefficient (Wildman–Crippen LogP) is 3.77. The number of morpholine rings is 1. The Hall–Kier alpha value is -2.59. The molecule has 0 aliphatic carbocycles. The van der Waals surface area contributed by atoms with Gasteiger partial charge < -0.3 is 19.7 Å². The van der Waals surface area contributed by atoms with Crippen LogP contribution in [0.1, 0.15) is 22.8 Å². The maximum atomic E-state index is 5.95. The van der Waals surface area contributed by atoms with Crippen LogP contribution in [0, 0.1) is 0 Å². The van der Waals surface area contributed by atoms with Crippen LogP contribution in [-0.4, -0.2) is 47.4 Å². The zero-order chi connectivity index (χ0) is 21.5. The summed E-state index contributed by atoms with van der Waals surface area (Å²) < 4.78 is 13.6. The molecule has 1 unspecified atom stereocenters. The van der Waals surface area contributed by atoms with Gasteiger partial charge in [-0.15, -0.1) is 24.0 Å². The normalized spacial score (nSPS) is 16.4. The number of aromatic nitrogens is 2. The fourth-order valence-electron chi connectivity index (χ4n) is 3.68. The van der Waals surface area contributed by atoms with Gasteiger partial charge in [0.25, 0.3) is 0 Å². The third-order valence-corrected chi connectivity index (χ3v) is 5.27. The molecule has 0 amide bonds. The molecule has 0 radical (unpaired) electrons. The Bertz CT molecular complexity index is 1010. The Morgan fingerprint density at radius 1 is 1.19 bits per heavy atom. The van der Waals surface area contributed by atoms with Crippen molar-refractivity contribution in [2.75, 3.05) is 26.7 Å². The Labute approximate surface area is 206 Å². The van der Waals surface area contributed by atoms with Crippen molar-refractivity contribution in [2.45, 2.75) is 19.3 Å². The molecule has 1 aliphatic rings. The first kappa shape index (κ1) is 24.1. The van der Waals surface area contributed by atoms with Gasteiger partial charge >= 0.3 is 0 Å². The molecule has 3 aromatic rings. The summed E-state index contributed by atoms with van der Waals surface area (Å²) in [6.07, 6.45) is 3.88. The number of nitrogens with one attached hydrogen (secondary N) is 1. The Balaban J connectivity index is 0.00000289. The summed E-state index contributed by atoms with van der Waals surface area (Å²) in [6.45, 7) is 3.45. The van der Waals surface area contributed by atoms with Crippen molar-refractivity contribution in [1.29, 1.82) is 0 Å². The topological polar surface area (TPSA) is 63.9 Å². The van der Waals surface area contributed by atoms with E-state index in [4.69, 9.17) is 9.47 Å². The Kier molecular flexibility index (Phi) is 8.92. The molecule has 2 heterocycles. The first-order chi connectivity index (χ1) is 15.2. The Morgan fingerprint density at radius 2 is 2.00 bits per heavy atom. The summed E-state index contributed by atoms with van der Waals surface area (Å²) >= 11 is 0. The number of benzene rings is 2. The van der Waals surface area contributed by atoms with E-state index in [1.807, 2.05) is 56.8 Å². The minimum atomic E-state index is -0.000497. The quantitative estimate of drug-likeness (QED) is 0.289. The van der Waals surface area contributed by atoms with Crippen molar-refractivity contribution in [3.8, 4) is 5.75 Å². The highest BCUT2D eigenvalue weighted by molar-refractivity contribution is 14.0. The molecule has 1 aliphatic heterocycles. The number of aryl methyl sites for hydroxylation is 1. The van der Waals surface area contributed by atoms with E-state index in [9.17, 15) is 0 Å². The minimum absolute atomic E-state index is 0. The SMILES string of the molecule is CN=C(NCc1cccc(COc2ccccc2)c1)N1CCOC(c2cnn(C)c2)C1.I. The number of nitrogens with zero attached hydrogens (tertiary/aromatic N) is 4. The molecule has 0 spiro atoms. The van der Waals surface area contributed by atoms with E-state index in [-0.39, 0.29) is 30.1 Å². The van der Waals surface area contributed by atoms with Crippen molar-refractivity contribution < 1.29 is 9.47 Å². The highest BCUT2D eigenvalue weighted by Gasteiger charge is 2.25. The first-order valence-corrected chi connectivity index (χ1v) is 10.5. The first-order valence-electron chi connectivity index (χ1n) is 10.5. The van der Waals surface area contributed by atoms with Crippen LogP contribution in [0.2, 0.25) is 0 Å². The predicted molar refractivity (Wildman–Crippen MR) is 136 cm³/mol. The van der Waals surface area contributed by atoms with E-state index in [0.29, 0.717) is 19.8 Å². The third-order valence-electron chi connectivity index (χ3n) is 5.27. The summed E-state index contributed by atoms with van der Waals surface area (Å²) in [4.78, 5) is 6.73. The fourth-order valence-corrected chi connectivity index (χ4v) is 3.68. The summed E-state index contributed by atoms with van der Waals surface area (Å²) in [5.74, 6) is 1.75. The van der Waals surface area contributed by atoms with E-state index in [0.717, 1.165) is 35.9 Å². The Morgan fingerprint density at radius 3 is 2.75 bits per heavy atom. The van der Waals surface area contributed by atoms with Crippen LogP contribution in [0.3, 0.4) is 0 Å². The van der Waals surface area contributed by atoms with Crippen molar-refractivity contribution in [3.05, 3.63) is 83.7 Å². The van der Waals surface area contributed by atoms with Gasteiger partial charge in [0.15, 0.2) is 5.96 Å². The van der Waals surface area contributed by atoms with Crippen molar-refractivity contribution in [3.63, 3.8) is 0 Å². The van der Waals surface area contributed by atoms with Crippen molar-refractivity contribution in [1.82, 2.24) is 20.0 Å². The molecule has 0 saturated carbocycles. The van der Waals surface area contributed by atoms with E-state index in [1.165, 1.54) is 5.56 Å². The molecule has 1 fully saturated rings. The van der Waals surface area contributed by atoms with E-state index in [1.54, 1.807) is 4.68 Å². The number of aliphatic imine (C=N–C) groups is 1. The molecule has 7 nitrogen and oxygen atoms in total. The molecule has 170 valence electrons. The van der Waals surface area contributed by atoms with Gasteiger partial charge in [0, 0.05) is 38.9 Å². The van der Waals surface area contributed by atoms with Gasteiger partial charge in [0.1, 0.15) is 18.5 Å². The van der Waals surface area contributed by atoms with Crippen LogP contribution in [0.4, 0.5) is 0 Å². The number of rotatable bonds is 6. The third kappa shape index (κ3) is 6.46. The summed E-state index contributed by atoms with van der Waals surface area (Å²) in [5.41, 5.74) is 3.42. The average molecular weight is 547 g/mol. The average Bonchev–Trinajstić information content (AvgIpc) is 3.26. The van der Waals surface area contributed by atoms with Gasteiger partial charge in [0.05, 0.1) is 19.3 Å². The second-order valence-electron chi connectivity index (χ2n) is 7.58. The maximum absolute atomic E-state index is 5.95. The van der Waals surface area contributed by atoms with Gasteiger partial charge in [-0.3, -0.25) is 9.67 Å². The fraction of sp³-hybridized carbons (Fsp3) is 0.333. The standard InChI is InChI=1S/C24H29N5O2.HI/c1-25-24(29-11-12-30-23(17-29)21-15-27-28(2)16-21)26-14-19-7-6-8-20(13-19)18-31-22-9-4-3-5-10-22;/h3-10,13,15-16,23H,11-12,14,17-18H2,1-2H3,(H,25,26);1H. The molecule has 8 heteroatoms. The second-order valence-corrected chi connectivity index (χ2v) is 7.58. The number of guanidine groups is 1. The van der Waals surface area contributed by atoms with Crippen LogP contribution in [-0.2, 0) is 24.9 Å². The molecular weight excluding hydrogens is 517 g/mol.